The molecule has 0 aliphatic heterocycles. The Balaban J connectivity index is 1.88. The molecule has 0 saturated heterocycles. The topological polar surface area (TPSA) is 99.9 Å². The molecule has 0 fully saturated rings. The molecule has 7 nitrogen and oxygen atoms in total. The highest BCUT2D eigenvalue weighted by atomic mass is 32.2. The summed E-state index contributed by atoms with van der Waals surface area (Å²) in [6.07, 6.45) is 1.68. The van der Waals surface area contributed by atoms with Crippen LogP contribution in [-0.4, -0.2) is 19.5 Å². The van der Waals surface area contributed by atoms with Crippen LogP contribution < -0.4 is 5.73 Å². The van der Waals surface area contributed by atoms with E-state index in [4.69, 9.17) is 5.73 Å². The molecule has 0 unspecified atom stereocenters. The number of rotatable bonds is 4. The molecule has 0 atom stereocenters. The van der Waals surface area contributed by atoms with E-state index in [0.717, 1.165) is 10.4 Å². The van der Waals surface area contributed by atoms with Gasteiger partial charge in [-0.3, -0.25) is 14.7 Å². The van der Waals surface area contributed by atoms with Gasteiger partial charge in [0, 0.05) is 28.9 Å². The number of benzene rings is 2. The van der Waals surface area contributed by atoms with Gasteiger partial charge in [-0.15, -0.1) is 0 Å². The Morgan fingerprint density at radius 3 is 2.65 bits per heavy atom. The van der Waals surface area contributed by atoms with Crippen LogP contribution in [0.25, 0.3) is 16.9 Å². The number of hydrogen-bond acceptors (Lipinski definition) is 6. The largest absolute Gasteiger partial charge is 0.399 e. The zero-order chi connectivity index (χ0) is 18.1. The summed E-state index contributed by atoms with van der Waals surface area (Å²) in [6.45, 7) is 0. The molecule has 0 radical (unpaired) electrons. The number of aromatic nitrogens is 3. The number of nitro benzene ring substituents is 1. The molecule has 4 rings (SSSR count). The Bertz CT molecular complexity index is 1110. The second-order valence-electron chi connectivity index (χ2n) is 5.52. The molecule has 8 heteroatoms. The van der Waals surface area contributed by atoms with Gasteiger partial charge in [0.25, 0.3) is 5.69 Å². The molecule has 2 aromatic carbocycles. The number of nitrogen functional groups attached to an aromatic ring is 1. The highest BCUT2D eigenvalue weighted by Gasteiger charge is 2.16. The lowest BCUT2D eigenvalue weighted by Gasteiger charge is -2.08. The molecule has 0 aliphatic carbocycles. The van der Waals surface area contributed by atoms with Crippen LogP contribution in [0.3, 0.4) is 0 Å². The van der Waals surface area contributed by atoms with Crippen LogP contribution >= 0.6 is 11.8 Å². The molecule has 0 spiro atoms. The van der Waals surface area contributed by atoms with Crippen molar-refractivity contribution < 1.29 is 4.92 Å². The van der Waals surface area contributed by atoms with Crippen molar-refractivity contribution in [2.45, 2.75) is 10.1 Å². The number of fused-ring (bicyclic) bond motifs is 1. The molecular formula is C18H13N5O2S. The van der Waals surface area contributed by atoms with E-state index in [0.29, 0.717) is 22.2 Å². The van der Waals surface area contributed by atoms with Crippen LogP contribution in [0.15, 0.2) is 76.9 Å². The fraction of sp³-hybridized carbons (Fsp3) is 0. The van der Waals surface area contributed by atoms with E-state index in [2.05, 4.69) is 9.97 Å². The van der Waals surface area contributed by atoms with Crippen molar-refractivity contribution in [3.63, 3.8) is 0 Å². The van der Waals surface area contributed by atoms with Crippen molar-refractivity contribution in [2.75, 3.05) is 5.73 Å². The molecule has 0 amide bonds. The minimum atomic E-state index is -0.414. The van der Waals surface area contributed by atoms with Crippen molar-refractivity contribution in [3.8, 4) is 5.69 Å². The second kappa shape index (κ2) is 6.49. The van der Waals surface area contributed by atoms with Gasteiger partial charge in [0.1, 0.15) is 5.52 Å². The Labute approximate surface area is 152 Å². The molecule has 0 bridgehead atoms. The number of nitrogens with two attached hydrogens (primary N) is 1. The van der Waals surface area contributed by atoms with E-state index in [1.165, 1.54) is 23.9 Å². The maximum Gasteiger partial charge on any atom is 0.271 e. The lowest BCUT2D eigenvalue weighted by molar-refractivity contribution is -0.384. The fourth-order valence-electron chi connectivity index (χ4n) is 2.58. The summed E-state index contributed by atoms with van der Waals surface area (Å²) in [7, 11) is 0. The number of non-ortho nitro benzene ring substituents is 1. The van der Waals surface area contributed by atoms with Crippen LogP contribution in [0.2, 0.25) is 0 Å². The number of nitro groups is 1. The average Bonchev–Trinajstić information content (AvgIpc) is 3.01. The van der Waals surface area contributed by atoms with Gasteiger partial charge in [0.05, 0.1) is 10.6 Å². The molecule has 4 aromatic rings. The number of nitrogens with zero attached hydrogens (tertiary/aromatic N) is 4. The normalized spacial score (nSPS) is 10.9. The van der Waals surface area contributed by atoms with E-state index in [9.17, 15) is 10.1 Å². The molecule has 0 saturated carbocycles. The van der Waals surface area contributed by atoms with Gasteiger partial charge in [-0.05, 0) is 42.5 Å². The molecule has 2 N–H and O–H groups in total. The van der Waals surface area contributed by atoms with Crippen molar-refractivity contribution >= 4 is 34.3 Å². The Morgan fingerprint density at radius 1 is 1.08 bits per heavy atom. The van der Waals surface area contributed by atoms with Crippen molar-refractivity contribution in [2.24, 2.45) is 0 Å². The highest BCUT2D eigenvalue weighted by Crippen LogP contribution is 2.33. The number of imidazole rings is 1. The Morgan fingerprint density at radius 2 is 1.88 bits per heavy atom. The maximum atomic E-state index is 11.1. The SMILES string of the molecule is Nc1ccc(Sc2nc3cccnc3n2-c2cccc([N+](=O)[O-])c2)cc1. The summed E-state index contributed by atoms with van der Waals surface area (Å²) in [6, 6.07) is 17.6. The molecular weight excluding hydrogens is 350 g/mol. The van der Waals surface area contributed by atoms with Crippen molar-refractivity contribution in [1.29, 1.82) is 0 Å². The highest BCUT2D eigenvalue weighted by molar-refractivity contribution is 7.99. The first-order chi connectivity index (χ1) is 12.6. The zero-order valence-electron chi connectivity index (χ0n) is 13.4. The first-order valence-electron chi connectivity index (χ1n) is 7.73. The molecule has 2 aromatic heterocycles. The summed E-state index contributed by atoms with van der Waals surface area (Å²) in [5, 5.41) is 11.8. The van der Waals surface area contributed by atoms with Gasteiger partial charge in [-0.1, -0.05) is 17.8 Å². The lowest BCUT2D eigenvalue weighted by Crippen LogP contribution is -1.99. The van der Waals surface area contributed by atoms with E-state index in [-0.39, 0.29) is 5.69 Å². The third kappa shape index (κ3) is 2.98. The van der Waals surface area contributed by atoms with Crippen molar-refractivity contribution in [1.82, 2.24) is 14.5 Å². The van der Waals surface area contributed by atoms with Gasteiger partial charge in [0.15, 0.2) is 10.8 Å². The molecule has 26 heavy (non-hydrogen) atoms. The standard InChI is InChI=1S/C18H13N5O2S/c19-12-6-8-15(9-7-12)26-18-21-16-5-2-10-20-17(16)22(18)13-3-1-4-14(11-13)23(24)25/h1-11H,19H2. The first-order valence-corrected chi connectivity index (χ1v) is 8.55. The van der Waals surface area contributed by atoms with E-state index >= 15 is 0 Å². The lowest BCUT2D eigenvalue weighted by atomic mass is 10.3. The zero-order valence-corrected chi connectivity index (χ0v) is 14.3. The van der Waals surface area contributed by atoms with E-state index in [1.54, 1.807) is 18.3 Å². The van der Waals surface area contributed by atoms with Gasteiger partial charge < -0.3 is 5.73 Å². The quantitative estimate of drug-likeness (QED) is 0.333. The maximum absolute atomic E-state index is 11.1. The number of pyridine rings is 1. The van der Waals surface area contributed by atoms with Crippen molar-refractivity contribution in [3.05, 3.63) is 77.0 Å². The summed E-state index contributed by atoms with van der Waals surface area (Å²) in [5.74, 6) is 0. The molecule has 0 aliphatic rings. The van der Waals surface area contributed by atoms with Gasteiger partial charge in [0.2, 0.25) is 0 Å². The van der Waals surface area contributed by atoms with Gasteiger partial charge in [-0.25, -0.2) is 9.97 Å². The van der Waals surface area contributed by atoms with Gasteiger partial charge >= 0.3 is 0 Å². The smallest absolute Gasteiger partial charge is 0.271 e. The Kier molecular flexibility index (Phi) is 4.02. The molecule has 2 heterocycles. The van der Waals surface area contributed by atoms with Crippen LogP contribution in [0.5, 0.6) is 0 Å². The van der Waals surface area contributed by atoms with Crippen LogP contribution in [0.4, 0.5) is 11.4 Å². The van der Waals surface area contributed by atoms with Crippen LogP contribution in [0.1, 0.15) is 0 Å². The second-order valence-corrected chi connectivity index (χ2v) is 6.56. The predicted molar refractivity (Wildman–Crippen MR) is 100 cm³/mol. The third-order valence-corrected chi connectivity index (χ3v) is 4.74. The summed E-state index contributed by atoms with van der Waals surface area (Å²) < 4.78 is 1.82. The summed E-state index contributed by atoms with van der Waals surface area (Å²) in [4.78, 5) is 20.7. The summed E-state index contributed by atoms with van der Waals surface area (Å²) in [5.41, 5.74) is 8.45. The van der Waals surface area contributed by atoms with Crippen LogP contribution in [0, 0.1) is 10.1 Å². The average molecular weight is 363 g/mol. The minimum Gasteiger partial charge on any atom is -0.399 e. The Hall–Kier alpha value is -3.39. The first kappa shape index (κ1) is 16.1. The monoisotopic (exact) mass is 363 g/mol. The third-order valence-electron chi connectivity index (χ3n) is 3.77. The number of anilines is 1. The summed E-state index contributed by atoms with van der Waals surface area (Å²) >= 11 is 1.44. The van der Waals surface area contributed by atoms with E-state index in [1.807, 2.05) is 41.0 Å². The predicted octanol–water partition coefficient (Wildman–Crippen LogP) is 4.06. The molecule has 128 valence electrons. The van der Waals surface area contributed by atoms with E-state index < -0.39 is 4.92 Å². The van der Waals surface area contributed by atoms with Crippen LogP contribution in [-0.2, 0) is 0 Å². The minimum absolute atomic E-state index is 0.0173. The number of hydrogen-bond donors (Lipinski definition) is 1. The fourth-order valence-corrected chi connectivity index (χ4v) is 3.49. The van der Waals surface area contributed by atoms with Gasteiger partial charge in [-0.2, -0.15) is 0 Å².